The van der Waals surface area contributed by atoms with Crippen LogP contribution in [0.2, 0.25) is 19.1 Å². The van der Waals surface area contributed by atoms with Gasteiger partial charge in [-0.2, -0.15) is 0 Å². The van der Waals surface area contributed by atoms with Crippen LogP contribution in [0, 0.1) is 5.41 Å². The monoisotopic (exact) mass is 443 g/mol. The summed E-state index contributed by atoms with van der Waals surface area (Å²) in [6.45, 7) is 32.4. The second-order valence-corrected chi connectivity index (χ2v) is 13.8. The fraction of sp³-hybridized carbons (Fsp3) is 1.00. The van der Waals surface area contributed by atoms with E-state index in [9.17, 15) is 0 Å². The minimum absolute atomic E-state index is 0.426. The first-order chi connectivity index (χ1) is 14.2. The highest BCUT2D eigenvalue weighted by atomic mass is 28.4. The lowest BCUT2D eigenvalue weighted by Gasteiger charge is -2.40. The molecule has 182 valence electrons. The van der Waals surface area contributed by atoms with Crippen LogP contribution in [-0.2, 0) is 4.43 Å². The van der Waals surface area contributed by atoms with E-state index in [0.29, 0.717) is 5.41 Å². The second-order valence-electron chi connectivity index (χ2n) is 9.52. The first-order valence-electron chi connectivity index (χ1n) is 13.1. The number of rotatable bonds is 20. The molecule has 0 N–H and O–H groups in total. The van der Waals surface area contributed by atoms with Crippen LogP contribution >= 0.6 is 0 Å². The molecule has 0 heterocycles. The molecule has 0 unspecified atom stereocenters. The van der Waals surface area contributed by atoms with Gasteiger partial charge < -0.3 is 19.1 Å². The predicted molar refractivity (Wildman–Crippen MR) is 138 cm³/mol. The van der Waals surface area contributed by atoms with Gasteiger partial charge in [0.05, 0.1) is 0 Å². The lowest BCUT2D eigenvalue weighted by Crippen LogP contribution is -2.39. The summed E-state index contributed by atoms with van der Waals surface area (Å²) in [7, 11) is -1.57. The predicted octanol–water partition coefficient (Wildman–Crippen LogP) is 5.80. The first-order valence-corrected chi connectivity index (χ1v) is 16.2. The van der Waals surface area contributed by atoms with Crippen LogP contribution < -0.4 is 0 Å². The van der Waals surface area contributed by atoms with Crippen molar-refractivity contribution >= 4 is 8.32 Å². The van der Waals surface area contributed by atoms with Gasteiger partial charge in [0.15, 0.2) is 8.32 Å². The molecule has 0 rings (SSSR count). The van der Waals surface area contributed by atoms with Crippen molar-refractivity contribution in [1.29, 1.82) is 0 Å². The van der Waals surface area contributed by atoms with E-state index in [0.717, 1.165) is 45.9 Å². The van der Waals surface area contributed by atoms with Crippen molar-refractivity contribution in [3.8, 4) is 0 Å². The molecule has 0 aromatic rings. The SMILES string of the molecule is CCO[Si](C)(C)CCC(CCN(CC)CC)(CCN(CC)CC)CCN(CC)CC. The average Bonchev–Trinajstić information content (AvgIpc) is 2.74. The Hall–Kier alpha value is 0.0569. The number of hydrogen-bond donors (Lipinski definition) is 0. The van der Waals surface area contributed by atoms with E-state index in [1.165, 1.54) is 51.4 Å². The summed E-state index contributed by atoms with van der Waals surface area (Å²) in [5.41, 5.74) is 0.426. The molecular formula is C25H57N3OSi. The highest BCUT2D eigenvalue weighted by Gasteiger charge is 2.34. The Balaban J connectivity index is 5.57. The molecule has 0 fully saturated rings. The maximum absolute atomic E-state index is 6.24. The molecule has 30 heavy (non-hydrogen) atoms. The van der Waals surface area contributed by atoms with Crippen LogP contribution in [0.25, 0.3) is 0 Å². The van der Waals surface area contributed by atoms with Gasteiger partial charge >= 0.3 is 0 Å². The molecule has 0 aliphatic rings. The Morgan fingerprint density at radius 3 is 1.17 bits per heavy atom. The van der Waals surface area contributed by atoms with Gasteiger partial charge in [0.25, 0.3) is 0 Å². The average molecular weight is 444 g/mol. The van der Waals surface area contributed by atoms with Gasteiger partial charge in [-0.25, -0.2) is 0 Å². The third-order valence-corrected chi connectivity index (χ3v) is 9.88. The highest BCUT2D eigenvalue weighted by molar-refractivity contribution is 6.71. The molecule has 5 heteroatoms. The van der Waals surface area contributed by atoms with Gasteiger partial charge in [0.2, 0.25) is 0 Å². The normalized spacial score (nSPS) is 13.2. The topological polar surface area (TPSA) is 19.0 Å². The van der Waals surface area contributed by atoms with Gasteiger partial charge in [0.1, 0.15) is 0 Å². The molecule has 0 atom stereocenters. The minimum Gasteiger partial charge on any atom is -0.418 e. The third-order valence-electron chi connectivity index (χ3n) is 7.35. The molecular weight excluding hydrogens is 386 g/mol. The molecule has 0 saturated heterocycles. The summed E-state index contributed by atoms with van der Waals surface area (Å²) in [5.74, 6) is 0. The van der Waals surface area contributed by atoms with Crippen LogP contribution in [0.4, 0.5) is 0 Å². The Kier molecular flexibility index (Phi) is 16.7. The fourth-order valence-corrected chi connectivity index (χ4v) is 6.64. The minimum atomic E-state index is -1.57. The van der Waals surface area contributed by atoms with Crippen LogP contribution in [0.3, 0.4) is 0 Å². The molecule has 0 bridgehead atoms. The fourth-order valence-electron chi connectivity index (χ4n) is 4.58. The standard InChI is InChI=1S/C25H57N3OSi/c1-10-26(11-2)21-17-25(18-22-27(12-3)13-4,19-23-28(14-5)15-6)20-24-30(8,9)29-16-7/h10-24H2,1-9H3. The smallest absolute Gasteiger partial charge is 0.186 e. The van der Waals surface area contributed by atoms with Crippen molar-refractivity contribution in [2.75, 3.05) is 65.5 Å². The Morgan fingerprint density at radius 2 is 0.900 bits per heavy atom. The Bertz CT molecular complexity index is 353. The van der Waals surface area contributed by atoms with E-state index in [4.69, 9.17) is 4.43 Å². The summed E-state index contributed by atoms with van der Waals surface area (Å²) in [6.07, 6.45) is 5.31. The summed E-state index contributed by atoms with van der Waals surface area (Å²) in [6, 6.07) is 1.29. The zero-order valence-corrected chi connectivity index (χ0v) is 23.4. The van der Waals surface area contributed by atoms with Gasteiger partial charge in [-0.15, -0.1) is 0 Å². The van der Waals surface area contributed by atoms with Crippen LogP contribution in [-0.4, -0.2) is 88.5 Å². The van der Waals surface area contributed by atoms with Gasteiger partial charge in [-0.1, -0.05) is 41.5 Å². The van der Waals surface area contributed by atoms with Crippen molar-refractivity contribution in [2.45, 2.75) is 93.3 Å². The van der Waals surface area contributed by atoms with E-state index in [2.05, 4.69) is 76.3 Å². The summed E-state index contributed by atoms with van der Waals surface area (Å²) >= 11 is 0. The van der Waals surface area contributed by atoms with E-state index in [-0.39, 0.29) is 0 Å². The van der Waals surface area contributed by atoms with Crippen LogP contribution in [0.15, 0.2) is 0 Å². The van der Waals surface area contributed by atoms with Gasteiger partial charge in [-0.3, -0.25) is 0 Å². The summed E-state index contributed by atoms with van der Waals surface area (Å²) in [4.78, 5) is 7.86. The molecule has 0 saturated carbocycles. The number of nitrogens with zero attached hydrogens (tertiary/aromatic N) is 3. The van der Waals surface area contributed by atoms with Crippen molar-refractivity contribution in [3.63, 3.8) is 0 Å². The Labute approximate surface area is 191 Å². The maximum atomic E-state index is 6.24. The lowest BCUT2D eigenvalue weighted by molar-refractivity contribution is 0.122. The third kappa shape index (κ3) is 12.2. The molecule has 0 radical (unpaired) electrons. The zero-order chi connectivity index (χ0) is 23.0. The van der Waals surface area contributed by atoms with Crippen molar-refractivity contribution in [1.82, 2.24) is 14.7 Å². The van der Waals surface area contributed by atoms with Crippen LogP contribution in [0.5, 0.6) is 0 Å². The van der Waals surface area contributed by atoms with E-state index >= 15 is 0 Å². The van der Waals surface area contributed by atoms with E-state index in [1.54, 1.807) is 0 Å². The molecule has 0 amide bonds. The Morgan fingerprint density at radius 1 is 0.567 bits per heavy atom. The molecule has 0 aromatic heterocycles. The molecule has 4 nitrogen and oxygen atoms in total. The second kappa shape index (κ2) is 16.7. The largest absolute Gasteiger partial charge is 0.418 e. The quantitative estimate of drug-likeness (QED) is 0.221. The number of hydrogen-bond acceptors (Lipinski definition) is 4. The summed E-state index contributed by atoms with van der Waals surface area (Å²) in [5, 5.41) is 0. The highest BCUT2D eigenvalue weighted by Crippen LogP contribution is 2.39. The van der Waals surface area contributed by atoms with E-state index < -0.39 is 8.32 Å². The lowest BCUT2D eigenvalue weighted by atomic mass is 9.75. The molecule has 0 spiro atoms. The zero-order valence-electron chi connectivity index (χ0n) is 22.4. The van der Waals surface area contributed by atoms with Gasteiger partial charge in [0, 0.05) is 6.61 Å². The molecule has 0 aliphatic carbocycles. The first kappa shape index (κ1) is 30.1. The molecule has 0 aliphatic heterocycles. The molecule has 0 aromatic carbocycles. The van der Waals surface area contributed by atoms with Gasteiger partial charge in [-0.05, 0) is 116 Å². The maximum Gasteiger partial charge on any atom is 0.186 e. The van der Waals surface area contributed by atoms with Crippen molar-refractivity contribution in [2.24, 2.45) is 5.41 Å². The van der Waals surface area contributed by atoms with E-state index in [1.807, 2.05) is 0 Å². The van der Waals surface area contributed by atoms with Crippen molar-refractivity contribution in [3.05, 3.63) is 0 Å². The van der Waals surface area contributed by atoms with Crippen molar-refractivity contribution < 1.29 is 4.43 Å². The summed E-state index contributed by atoms with van der Waals surface area (Å²) < 4.78 is 6.24. The van der Waals surface area contributed by atoms with Crippen LogP contribution in [0.1, 0.15) is 74.1 Å².